The van der Waals surface area contributed by atoms with Gasteiger partial charge in [0.1, 0.15) is 10.7 Å². The Labute approximate surface area is 102 Å². The maximum absolute atomic E-state index is 12.4. The topological polar surface area (TPSA) is 92.1 Å². The van der Waals surface area contributed by atoms with Crippen LogP contribution in [0.2, 0.25) is 0 Å². The summed E-state index contributed by atoms with van der Waals surface area (Å²) in [5.74, 6) is 0.0447. The Balaban J connectivity index is 3.28. The number of rotatable bonds is 4. The van der Waals surface area contributed by atoms with Crippen LogP contribution in [0.4, 0.5) is 5.82 Å². The van der Waals surface area contributed by atoms with Crippen molar-refractivity contribution in [3.63, 3.8) is 0 Å². The Hall–Kier alpha value is -1.34. The van der Waals surface area contributed by atoms with Gasteiger partial charge in [-0.3, -0.25) is 5.10 Å². The summed E-state index contributed by atoms with van der Waals surface area (Å²) in [6.45, 7) is 9.22. The van der Waals surface area contributed by atoms with Crippen LogP contribution < -0.4 is 5.73 Å². The SMILES string of the molecule is C=CCN(C(C)(C)C)S(=O)(=O)c1cn[nH]c1N. The smallest absolute Gasteiger partial charge is 0.249 e. The number of sulfonamides is 1. The summed E-state index contributed by atoms with van der Waals surface area (Å²) < 4.78 is 26.1. The van der Waals surface area contributed by atoms with Crippen LogP contribution in [0, 0.1) is 0 Å². The minimum absolute atomic E-state index is 0.00530. The van der Waals surface area contributed by atoms with Gasteiger partial charge in [0.05, 0.1) is 6.20 Å². The molecule has 6 nitrogen and oxygen atoms in total. The van der Waals surface area contributed by atoms with Crippen molar-refractivity contribution >= 4 is 15.8 Å². The molecule has 96 valence electrons. The van der Waals surface area contributed by atoms with Crippen molar-refractivity contribution in [3.05, 3.63) is 18.9 Å². The Bertz CT molecular complexity index is 499. The summed E-state index contributed by atoms with van der Waals surface area (Å²) in [4.78, 5) is -0.00530. The molecule has 0 fully saturated rings. The molecule has 1 aromatic heterocycles. The molecule has 1 aromatic rings. The predicted molar refractivity (Wildman–Crippen MR) is 66.8 cm³/mol. The summed E-state index contributed by atoms with van der Waals surface area (Å²) in [7, 11) is -3.66. The van der Waals surface area contributed by atoms with Crippen LogP contribution in [0.25, 0.3) is 0 Å². The van der Waals surface area contributed by atoms with Gasteiger partial charge in [-0.05, 0) is 20.8 Å². The maximum Gasteiger partial charge on any atom is 0.249 e. The van der Waals surface area contributed by atoms with Crippen molar-refractivity contribution in [1.29, 1.82) is 0 Å². The molecule has 0 amide bonds. The quantitative estimate of drug-likeness (QED) is 0.787. The van der Waals surface area contributed by atoms with Crippen LogP contribution in [0.3, 0.4) is 0 Å². The summed E-state index contributed by atoms with van der Waals surface area (Å²) >= 11 is 0. The standard InChI is InChI=1S/C10H18N4O2S/c1-5-6-14(10(2,3)4)17(15,16)8-7-12-13-9(8)11/h5,7H,1,6H2,2-4H3,(H3,11,12,13). The van der Waals surface area contributed by atoms with E-state index in [1.807, 2.05) is 20.8 Å². The lowest BCUT2D eigenvalue weighted by molar-refractivity contribution is 0.270. The van der Waals surface area contributed by atoms with E-state index in [-0.39, 0.29) is 17.3 Å². The van der Waals surface area contributed by atoms with Crippen molar-refractivity contribution < 1.29 is 8.42 Å². The zero-order valence-corrected chi connectivity index (χ0v) is 11.1. The molecule has 17 heavy (non-hydrogen) atoms. The van der Waals surface area contributed by atoms with Crippen LogP contribution in [0.15, 0.2) is 23.7 Å². The number of nitrogens with one attached hydrogen (secondary N) is 1. The van der Waals surface area contributed by atoms with E-state index in [2.05, 4.69) is 16.8 Å². The van der Waals surface area contributed by atoms with Crippen molar-refractivity contribution in [2.45, 2.75) is 31.2 Å². The van der Waals surface area contributed by atoms with E-state index >= 15 is 0 Å². The second kappa shape index (κ2) is 4.50. The van der Waals surface area contributed by atoms with E-state index in [1.54, 1.807) is 6.08 Å². The highest BCUT2D eigenvalue weighted by molar-refractivity contribution is 7.89. The lowest BCUT2D eigenvalue weighted by atomic mass is 10.1. The van der Waals surface area contributed by atoms with E-state index in [4.69, 9.17) is 5.73 Å². The summed E-state index contributed by atoms with van der Waals surface area (Å²) in [6.07, 6.45) is 2.76. The Morgan fingerprint density at radius 3 is 2.53 bits per heavy atom. The van der Waals surface area contributed by atoms with Gasteiger partial charge in [0, 0.05) is 12.1 Å². The van der Waals surface area contributed by atoms with E-state index in [9.17, 15) is 8.42 Å². The van der Waals surface area contributed by atoms with Gasteiger partial charge in [-0.1, -0.05) is 6.08 Å². The minimum atomic E-state index is -3.66. The molecule has 0 radical (unpaired) electrons. The van der Waals surface area contributed by atoms with Crippen molar-refractivity contribution in [2.75, 3.05) is 12.3 Å². The van der Waals surface area contributed by atoms with Gasteiger partial charge in [0.2, 0.25) is 10.0 Å². The maximum atomic E-state index is 12.4. The van der Waals surface area contributed by atoms with E-state index in [0.717, 1.165) is 0 Å². The van der Waals surface area contributed by atoms with Crippen molar-refractivity contribution in [1.82, 2.24) is 14.5 Å². The molecule has 0 saturated carbocycles. The Morgan fingerprint density at radius 1 is 1.59 bits per heavy atom. The monoisotopic (exact) mass is 258 g/mol. The average Bonchev–Trinajstić information content (AvgIpc) is 2.59. The second-order valence-corrected chi connectivity index (χ2v) is 6.47. The molecular weight excluding hydrogens is 240 g/mol. The van der Waals surface area contributed by atoms with E-state index in [0.29, 0.717) is 0 Å². The molecule has 1 heterocycles. The van der Waals surface area contributed by atoms with Gasteiger partial charge in [-0.2, -0.15) is 9.40 Å². The molecule has 0 aliphatic heterocycles. The van der Waals surface area contributed by atoms with Gasteiger partial charge in [-0.25, -0.2) is 8.42 Å². The molecule has 0 atom stereocenters. The van der Waals surface area contributed by atoms with E-state index in [1.165, 1.54) is 10.5 Å². The number of nitrogen functional groups attached to an aromatic ring is 1. The number of aromatic nitrogens is 2. The van der Waals surface area contributed by atoms with Gasteiger partial charge in [0.25, 0.3) is 0 Å². The lowest BCUT2D eigenvalue weighted by Crippen LogP contribution is -2.45. The fourth-order valence-electron chi connectivity index (χ4n) is 1.46. The second-order valence-electron chi connectivity index (χ2n) is 4.64. The first-order chi connectivity index (χ1) is 7.71. The van der Waals surface area contributed by atoms with Crippen LogP contribution >= 0.6 is 0 Å². The average molecular weight is 258 g/mol. The number of H-pyrrole nitrogens is 1. The Kier molecular flexibility index (Phi) is 3.63. The van der Waals surface area contributed by atoms with Crippen LogP contribution in [-0.4, -0.2) is 35.0 Å². The first kappa shape index (κ1) is 13.7. The van der Waals surface area contributed by atoms with Crippen LogP contribution in [0.5, 0.6) is 0 Å². The third-order valence-corrected chi connectivity index (χ3v) is 4.40. The molecule has 0 bridgehead atoms. The molecule has 0 aromatic carbocycles. The molecule has 1 rings (SSSR count). The minimum Gasteiger partial charge on any atom is -0.383 e. The number of hydrogen-bond acceptors (Lipinski definition) is 4. The molecule has 7 heteroatoms. The molecule has 3 N–H and O–H groups in total. The largest absolute Gasteiger partial charge is 0.383 e. The van der Waals surface area contributed by atoms with Crippen molar-refractivity contribution in [3.8, 4) is 0 Å². The molecule has 0 unspecified atom stereocenters. The number of aromatic amines is 1. The van der Waals surface area contributed by atoms with Gasteiger partial charge in [0.15, 0.2) is 0 Å². The Morgan fingerprint density at radius 2 is 2.18 bits per heavy atom. The van der Waals surface area contributed by atoms with E-state index < -0.39 is 15.6 Å². The number of nitrogens with two attached hydrogens (primary N) is 1. The van der Waals surface area contributed by atoms with Gasteiger partial charge < -0.3 is 5.73 Å². The predicted octanol–water partition coefficient (Wildman–Crippen LogP) is 0.967. The number of anilines is 1. The normalized spacial score (nSPS) is 12.9. The fraction of sp³-hybridized carbons (Fsp3) is 0.500. The zero-order valence-electron chi connectivity index (χ0n) is 10.3. The molecule has 0 aliphatic rings. The summed E-state index contributed by atoms with van der Waals surface area (Å²) in [6, 6.07) is 0. The van der Waals surface area contributed by atoms with Crippen LogP contribution in [0.1, 0.15) is 20.8 Å². The fourth-order valence-corrected chi connectivity index (χ4v) is 3.23. The van der Waals surface area contributed by atoms with Gasteiger partial charge >= 0.3 is 0 Å². The highest BCUT2D eigenvalue weighted by Gasteiger charge is 2.34. The molecule has 0 spiro atoms. The van der Waals surface area contributed by atoms with Gasteiger partial charge in [-0.15, -0.1) is 6.58 Å². The molecular formula is C10H18N4O2S. The summed E-state index contributed by atoms with van der Waals surface area (Å²) in [5.41, 5.74) is 5.00. The third kappa shape index (κ3) is 2.67. The molecule has 0 aliphatic carbocycles. The highest BCUT2D eigenvalue weighted by atomic mass is 32.2. The van der Waals surface area contributed by atoms with Crippen LogP contribution in [-0.2, 0) is 10.0 Å². The summed E-state index contributed by atoms with van der Waals surface area (Å²) in [5, 5.41) is 6.05. The number of hydrogen-bond donors (Lipinski definition) is 2. The zero-order chi connectivity index (χ0) is 13.3. The lowest BCUT2D eigenvalue weighted by Gasteiger charge is -2.33. The van der Waals surface area contributed by atoms with Crippen molar-refractivity contribution in [2.24, 2.45) is 0 Å². The number of nitrogens with zero attached hydrogens (tertiary/aromatic N) is 2. The highest BCUT2D eigenvalue weighted by Crippen LogP contribution is 2.26. The first-order valence-corrected chi connectivity index (χ1v) is 6.58. The first-order valence-electron chi connectivity index (χ1n) is 5.14. The molecule has 0 saturated heterocycles. The third-order valence-electron chi connectivity index (χ3n) is 2.24.